The van der Waals surface area contributed by atoms with Gasteiger partial charge in [0.2, 0.25) is 0 Å². The lowest BCUT2D eigenvalue weighted by molar-refractivity contribution is 0.0739. The van der Waals surface area contributed by atoms with Crippen LogP contribution in [0, 0.1) is 6.92 Å². The number of aromatic nitrogens is 3. The number of hydrogen-bond donors (Lipinski definition) is 0. The number of carbonyl (C=O) groups excluding carboxylic acids is 1. The van der Waals surface area contributed by atoms with Crippen LogP contribution in [-0.4, -0.2) is 66.4 Å². The number of nitrogens with zero attached hydrogens (tertiary/aromatic N) is 5. The molecule has 1 aliphatic rings. The van der Waals surface area contributed by atoms with Gasteiger partial charge in [-0.05, 0) is 19.1 Å². The molecule has 8 nitrogen and oxygen atoms in total. The first-order valence-electron chi connectivity index (χ1n) is 8.88. The predicted octanol–water partition coefficient (Wildman–Crippen LogP) is 1.70. The Balaban J connectivity index is 1.53. The van der Waals surface area contributed by atoms with Gasteiger partial charge in [0.25, 0.3) is 5.91 Å². The van der Waals surface area contributed by atoms with Crippen LogP contribution < -0.4 is 4.90 Å². The summed E-state index contributed by atoms with van der Waals surface area (Å²) in [5.41, 5.74) is 1.88. The Kier molecular flexibility index (Phi) is 4.62. The highest BCUT2D eigenvalue weighted by Crippen LogP contribution is 2.33. The van der Waals surface area contributed by atoms with Gasteiger partial charge in [-0.1, -0.05) is 17.4 Å². The van der Waals surface area contributed by atoms with Crippen LogP contribution in [0.4, 0.5) is 5.13 Å². The van der Waals surface area contributed by atoms with E-state index in [9.17, 15) is 13.2 Å². The zero-order chi connectivity index (χ0) is 20.1. The van der Waals surface area contributed by atoms with E-state index < -0.39 is 9.84 Å². The molecule has 0 saturated carbocycles. The van der Waals surface area contributed by atoms with Crippen LogP contribution in [-0.2, 0) is 16.9 Å². The summed E-state index contributed by atoms with van der Waals surface area (Å²) in [6.07, 6.45) is 3.04. The van der Waals surface area contributed by atoms with Crippen LogP contribution in [0.1, 0.15) is 16.1 Å². The summed E-state index contributed by atoms with van der Waals surface area (Å²) in [5.74, 6) is -0.0542. The maximum absolute atomic E-state index is 12.7. The minimum absolute atomic E-state index is 0.0542. The number of sulfone groups is 1. The van der Waals surface area contributed by atoms with Crippen LogP contribution >= 0.6 is 11.3 Å². The Morgan fingerprint density at radius 2 is 1.89 bits per heavy atom. The summed E-state index contributed by atoms with van der Waals surface area (Å²) >= 11 is 1.48. The highest BCUT2D eigenvalue weighted by molar-refractivity contribution is 7.91. The fourth-order valence-corrected chi connectivity index (χ4v) is 5.36. The first-order chi connectivity index (χ1) is 13.2. The number of para-hydroxylation sites is 1. The van der Waals surface area contributed by atoms with E-state index in [1.54, 1.807) is 28.8 Å². The van der Waals surface area contributed by atoms with Crippen molar-refractivity contribution in [2.24, 2.45) is 7.05 Å². The Labute approximate surface area is 167 Å². The second kappa shape index (κ2) is 6.85. The van der Waals surface area contributed by atoms with Gasteiger partial charge in [0.1, 0.15) is 5.52 Å². The van der Waals surface area contributed by atoms with E-state index in [4.69, 9.17) is 0 Å². The molecule has 10 heteroatoms. The number of thiazole rings is 1. The highest BCUT2D eigenvalue weighted by Gasteiger charge is 2.27. The molecule has 0 unspecified atom stereocenters. The van der Waals surface area contributed by atoms with Crippen molar-refractivity contribution in [2.45, 2.75) is 11.8 Å². The van der Waals surface area contributed by atoms with Gasteiger partial charge >= 0.3 is 0 Å². The molecule has 1 aromatic carbocycles. The summed E-state index contributed by atoms with van der Waals surface area (Å²) in [7, 11) is -1.53. The van der Waals surface area contributed by atoms with Crippen molar-refractivity contribution < 1.29 is 13.2 Å². The van der Waals surface area contributed by atoms with E-state index in [-0.39, 0.29) is 10.8 Å². The van der Waals surface area contributed by atoms with Crippen molar-refractivity contribution in [3.63, 3.8) is 0 Å². The molecule has 4 rings (SSSR count). The van der Waals surface area contributed by atoms with Gasteiger partial charge in [0.05, 0.1) is 9.60 Å². The number of piperazine rings is 1. The molecule has 0 aliphatic carbocycles. The summed E-state index contributed by atoms with van der Waals surface area (Å²) in [5, 5.41) is 5.05. The van der Waals surface area contributed by atoms with E-state index in [0.717, 1.165) is 15.4 Å². The van der Waals surface area contributed by atoms with E-state index in [1.807, 2.05) is 19.2 Å². The Bertz CT molecular complexity index is 1160. The van der Waals surface area contributed by atoms with Crippen molar-refractivity contribution >= 4 is 42.4 Å². The molecule has 0 spiro atoms. The molecule has 1 fully saturated rings. The number of benzene rings is 1. The minimum Gasteiger partial charge on any atom is -0.345 e. The van der Waals surface area contributed by atoms with Gasteiger partial charge in [-0.2, -0.15) is 5.10 Å². The standard InChI is InChI=1S/C18H21N5O3S2/c1-12-11-21(2)20-15(12)17(24)22-7-9-23(10-8-22)18-19-16-13(27-18)5-4-6-14(16)28(3,25)26/h4-6,11H,7-10H2,1-3H3. The molecule has 1 amide bonds. The van der Waals surface area contributed by atoms with Crippen molar-refractivity contribution in [3.05, 3.63) is 35.7 Å². The molecule has 0 N–H and O–H groups in total. The molecule has 3 aromatic rings. The van der Waals surface area contributed by atoms with Crippen LogP contribution in [0.25, 0.3) is 10.2 Å². The average molecular weight is 420 g/mol. The van der Waals surface area contributed by atoms with Crippen molar-refractivity contribution in [2.75, 3.05) is 37.3 Å². The SMILES string of the molecule is Cc1cn(C)nc1C(=O)N1CCN(c2nc3c(S(C)(=O)=O)cccc3s2)CC1. The second-order valence-electron chi connectivity index (χ2n) is 6.99. The zero-order valence-electron chi connectivity index (χ0n) is 15.9. The molecule has 0 atom stereocenters. The van der Waals surface area contributed by atoms with E-state index >= 15 is 0 Å². The molecule has 0 radical (unpaired) electrons. The monoisotopic (exact) mass is 419 g/mol. The number of anilines is 1. The number of aryl methyl sites for hydroxylation is 2. The molecule has 148 valence electrons. The Morgan fingerprint density at radius 3 is 2.50 bits per heavy atom. The first kappa shape index (κ1) is 18.9. The van der Waals surface area contributed by atoms with Crippen LogP contribution in [0.3, 0.4) is 0 Å². The number of carbonyl (C=O) groups is 1. The molecular formula is C18H21N5O3S2. The van der Waals surface area contributed by atoms with Crippen LogP contribution in [0.2, 0.25) is 0 Å². The largest absolute Gasteiger partial charge is 0.345 e. The van der Waals surface area contributed by atoms with Crippen molar-refractivity contribution in [1.82, 2.24) is 19.7 Å². The number of rotatable bonds is 3. The van der Waals surface area contributed by atoms with E-state index in [1.165, 1.54) is 17.6 Å². The van der Waals surface area contributed by atoms with E-state index in [2.05, 4.69) is 15.0 Å². The highest BCUT2D eigenvalue weighted by atomic mass is 32.2. The fourth-order valence-electron chi connectivity index (χ4n) is 3.41. The summed E-state index contributed by atoms with van der Waals surface area (Å²) in [6, 6.07) is 5.22. The quantitative estimate of drug-likeness (QED) is 0.642. The Morgan fingerprint density at radius 1 is 1.18 bits per heavy atom. The minimum atomic E-state index is -3.34. The smallest absolute Gasteiger partial charge is 0.274 e. The lowest BCUT2D eigenvalue weighted by atomic mass is 10.2. The Hall–Kier alpha value is -2.46. The molecule has 3 heterocycles. The predicted molar refractivity (Wildman–Crippen MR) is 109 cm³/mol. The topological polar surface area (TPSA) is 88.4 Å². The van der Waals surface area contributed by atoms with Crippen molar-refractivity contribution in [3.8, 4) is 0 Å². The lowest BCUT2D eigenvalue weighted by Gasteiger charge is -2.34. The van der Waals surface area contributed by atoms with Crippen LogP contribution in [0.15, 0.2) is 29.3 Å². The van der Waals surface area contributed by atoms with Gasteiger partial charge in [-0.3, -0.25) is 9.48 Å². The lowest BCUT2D eigenvalue weighted by Crippen LogP contribution is -2.49. The fraction of sp³-hybridized carbons (Fsp3) is 0.389. The molecule has 0 bridgehead atoms. The van der Waals surface area contributed by atoms with Gasteiger partial charge in [-0.15, -0.1) is 0 Å². The molecule has 1 aliphatic heterocycles. The average Bonchev–Trinajstić information content (AvgIpc) is 3.22. The third-order valence-electron chi connectivity index (χ3n) is 4.82. The number of fused-ring (bicyclic) bond motifs is 1. The summed E-state index contributed by atoms with van der Waals surface area (Å²) in [6.45, 7) is 4.32. The first-order valence-corrected chi connectivity index (χ1v) is 11.6. The summed E-state index contributed by atoms with van der Waals surface area (Å²) in [4.78, 5) is 21.5. The zero-order valence-corrected chi connectivity index (χ0v) is 17.5. The summed E-state index contributed by atoms with van der Waals surface area (Å²) < 4.78 is 26.5. The van der Waals surface area contributed by atoms with Crippen molar-refractivity contribution in [1.29, 1.82) is 0 Å². The molecule has 28 heavy (non-hydrogen) atoms. The van der Waals surface area contributed by atoms with E-state index in [0.29, 0.717) is 37.4 Å². The third-order valence-corrected chi connectivity index (χ3v) is 7.03. The second-order valence-corrected chi connectivity index (χ2v) is 9.98. The number of amides is 1. The normalized spacial score (nSPS) is 15.4. The number of hydrogen-bond acceptors (Lipinski definition) is 7. The maximum atomic E-state index is 12.7. The van der Waals surface area contributed by atoms with Gasteiger partial charge < -0.3 is 9.80 Å². The van der Waals surface area contributed by atoms with Gasteiger partial charge in [0.15, 0.2) is 20.7 Å². The third kappa shape index (κ3) is 3.37. The van der Waals surface area contributed by atoms with Gasteiger partial charge in [-0.25, -0.2) is 13.4 Å². The molecular weight excluding hydrogens is 398 g/mol. The van der Waals surface area contributed by atoms with Gasteiger partial charge in [0, 0.05) is 51.2 Å². The molecule has 1 saturated heterocycles. The maximum Gasteiger partial charge on any atom is 0.274 e. The van der Waals surface area contributed by atoms with Crippen LogP contribution in [0.5, 0.6) is 0 Å². The molecule has 2 aromatic heterocycles.